The summed E-state index contributed by atoms with van der Waals surface area (Å²) >= 11 is 0. The fourth-order valence-corrected chi connectivity index (χ4v) is 5.90. The molecule has 3 aromatic rings. The molecule has 228 valence electrons. The number of carbonyl (C=O) groups is 3. The quantitative estimate of drug-likeness (QED) is 0.256. The third kappa shape index (κ3) is 6.53. The normalized spacial score (nSPS) is 15.0. The average molecular weight is 589 g/mol. The SMILES string of the molecule is CCOC(=O)c1cnn(C)c1CN(C(=O)OCC1c2ccccc2-c2ccccc21)C1CCN(C(=O)OC(C)(C)C)CC1. The summed E-state index contributed by atoms with van der Waals surface area (Å²) in [4.78, 5) is 42.7. The van der Waals surface area contributed by atoms with Crippen molar-refractivity contribution < 1.29 is 28.6 Å². The van der Waals surface area contributed by atoms with Gasteiger partial charge in [-0.05, 0) is 62.8 Å². The van der Waals surface area contributed by atoms with Crippen LogP contribution in [0.25, 0.3) is 11.1 Å². The van der Waals surface area contributed by atoms with E-state index < -0.39 is 17.7 Å². The van der Waals surface area contributed by atoms with E-state index in [-0.39, 0.29) is 37.8 Å². The van der Waals surface area contributed by atoms with E-state index in [0.717, 1.165) is 22.3 Å². The monoisotopic (exact) mass is 588 g/mol. The van der Waals surface area contributed by atoms with Gasteiger partial charge < -0.3 is 19.1 Å². The lowest BCUT2D eigenvalue weighted by molar-refractivity contribution is 0.0126. The van der Waals surface area contributed by atoms with Crippen LogP contribution in [0.4, 0.5) is 9.59 Å². The molecule has 0 bridgehead atoms. The molecule has 0 atom stereocenters. The maximum absolute atomic E-state index is 13.9. The second kappa shape index (κ2) is 12.5. The standard InChI is InChI=1S/C33H40N4O6/c1-6-41-30(38)27-19-34-35(5)29(27)20-37(22-15-17-36(18-16-22)31(39)43-33(2,3)4)32(40)42-21-28-25-13-9-7-11-23(25)24-12-8-10-14-26(24)28/h7-14,19,22,28H,6,15-18,20-21H2,1-5H3. The molecular weight excluding hydrogens is 548 g/mol. The zero-order valence-electron chi connectivity index (χ0n) is 25.5. The van der Waals surface area contributed by atoms with Crippen LogP contribution in [0.1, 0.15) is 73.6 Å². The second-order valence-corrected chi connectivity index (χ2v) is 12.0. The summed E-state index contributed by atoms with van der Waals surface area (Å²) in [7, 11) is 1.74. The Balaban J connectivity index is 1.36. The smallest absolute Gasteiger partial charge is 0.410 e. The van der Waals surface area contributed by atoms with Crippen LogP contribution in [0.2, 0.25) is 0 Å². The number of amides is 2. The van der Waals surface area contributed by atoms with Crippen molar-refractivity contribution in [2.45, 2.75) is 64.6 Å². The molecule has 10 nitrogen and oxygen atoms in total. The topological polar surface area (TPSA) is 103 Å². The Kier molecular flexibility index (Phi) is 8.75. The summed E-state index contributed by atoms with van der Waals surface area (Å²) in [6.07, 6.45) is 1.70. The van der Waals surface area contributed by atoms with E-state index in [1.807, 2.05) is 45.0 Å². The van der Waals surface area contributed by atoms with Crippen molar-refractivity contribution in [3.8, 4) is 11.1 Å². The number of hydrogen-bond acceptors (Lipinski definition) is 7. The summed E-state index contributed by atoms with van der Waals surface area (Å²) in [5.41, 5.74) is 4.84. The lowest BCUT2D eigenvalue weighted by Crippen LogP contribution is -2.49. The molecule has 2 aliphatic rings. The summed E-state index contributed by atoms with van der Waals surface area (Å²) < 4.78 is 18.5. The van der Waals surface area contributed by atoms with Gasteiger partial charge in [-0.25, -0.2) is 14.4 Å². The Morgan fingerprint density at radius 3 is 2.14 bits per heavy atom. The zero-order chi connectivity index (χ0) is 30.7. The van der Waals surface area contributed by atoms with Crippen molar-refractivity contribution >= 4 is 18.2 Å². The van der Waals surface area contributed by atoms with Crippen molar-refractivity contribution in [1.29, 1.82) is 0 Å². The number of esters is 1. The highest BCUT2D eigenvalue weighted by atomic mass is 16.6. The van der Waals surface area contributed by atoms with Gasteiger partial charge in [0.1, 0.15) is 17.8 Å². The van der Waals surface area contributed by atoms with E-state index in [1.54, 1.807) is 28.5 Å². The lowest BCUT2D eigenvalue weighted by atomic mass is 9.98. The molecule has 43 heavy (non-hydrogen) atoms. The minimum absolute atomic E-state index is 0.0842. The maximum atomic E-state index is 13.9. The third-order valence-electron chi connectivity index (χ3n) is 8.00. The summed E-state index contributed by atoms with van der Waals surface area (Å²) in [6, 6.07) is 16.2. The predicted octanol–water partition coefficient (Wildman–Crippen LogP) is 5.75. The average Bonchev–Trinajstić information content (AvgIpc) is 3.51. The highest BCUT2D eigenvalue weighted by Gasteiger charge is 2.35. The van der Waals surface area contributed by atoms with Crippen molar-refractivity contribution in [3.05, 3.63) is 77.1 Å². The largest absolute Gasteiger partial charge is 0.462 e. The summed E-state index contributed by atoms with van der Waals surface area (Å²) in [6.45, 7) is 8.64. The molecule has 1 saturated heterocycles. The highest BCUT2D eigenvalue weighted by molar-refractivity contribution is 5.90. The lowest BCUT2D eigenvalue weighted by Gasteiger charge is -2.38. The molecule has 5 rings (SSSR count). The molecule has 1 aliphatic carbocycles. The molecule has 0 saturated carbocycles. The van der Waals surface area contributed by atoms with Crippen LogP contribution in [0, 0.1) is 0 Å². The number of ether oxygens (including phenoxy) is 3. The van der Waals surface area contributed by atoms with E-state index in [9.17, 15) is 14.4 Å². The van der Waals surface area contributed by atoms with Crippen molar-refractivity contribution in [2.24, 2.45) is 7.05 Å². The van der Waals surface area contributed by atoms with Crippen LogP contribution in [0.3, 0.4) is 0 Å². The molecule has 0 N–H and O–H groups in total. The number of fused-ring (bicyclic) bond motifs is 3. The molecule has 1 fully saturated rings. The highest BCUT2D eigenvalue weighted by Crippen LogP contribution is 2.44. The first-order valence-electron chi connectivity index (χ1n) is 14.8. The van der Waals surface area contributed by atoms with Crippen LogP contribution >= 0.6 is 0 Å². The second-order valence-electron chi connectivity index (χ2n) is 12.0. The molecule has 2 heterocycles. The summed E-state index contributed by atoms with van der Waals surface area (Å²) in [5.74, 6) is -0.572. The van der Waals surface area contributed by atoms with Crippen molar-refractivity contribution in [1.82, 2.24) is 19.6 Å². The van der Waals surface area contributed by atoms with Gasteiger partial charge in [0, 0.05) is 32.1 Å². The number of likely N-dealkylation sites (tertiary alicyclic amines) is 1. The van der Waals surface area contributed by atoms with E-state index in [1.165, 1.54) is 6.20 Å². The molecule has 10 heteroatoms. The first kappa shape index (κ1) is 30.1. The van der Waals surface area contributed by atoms with Crippen LogP contribution in [0.15, 0.2) is 54.7 Å². The van der Waals surface area contributed by atoms with E-state index in [4.69, 9.17) is 14.2 Å². The van der Waals surface area contributed by atoms with Gasteiger partial charge in [-0.15, -0.1) is 0 Å². The predicted molar refractivity (Wildman–Crippen MR) is 161 cm³/mol. The molecule has 2 aromatic carbocycles. The molecule has 1 aliphatic heterocycles. The maximum Gasteiger partial charge on any atom is 0.410 e. The van der Waals surface area contributed by atoms with Gasteiger partial charge in [0.15, 0.2) is 0 Å². The fraction of sp³-hybridized carbons (Fsp3) is 0.455. The van der Waals surface area contributed by atoms with Gasteiger partial charge in [-0.3, -0.25) is 9.58 Å². The molecule has 0 radical (unpaired) electrons. The Morgan fingerprint density at radius 2 is 1.56 bits per heavy atom. The Morgan fingerprint density at radius 1 is 0.953 bits per heavy atom. The molecule has 2 amide bonds. The van der Waals surface area contributed by atoms with Crippen LogP contribution in [0.5, 0.6) is 0 Å². The van der Waals surface area contributed by atoms with Crippen molar-refractivity contribution in [3.63, 3.8) is 0 Å². The number of hydrogen-bond donors (Lipinski definition) is 0. The minimum atomic E-state index is -0.593. The number of carbonyl (C=O) groups excluding carboxylic acids is 3. The first-order valence-corrected chi connectivity index (χ1v) is 14.8. The van der Waals surface area contributed by atoms with Gasteiger partial charge >= 0.3 is 18.2 Å². The molecule has 0 spiro atoms. The van der Waals surface area contributed by atoms with Crippen LogP contribution in [-0.4, -0.2) is 75.7 Å². The third-order valence-corrected chi connectivity index (χ3v) is 8.00. The number of piperidine rings is 1. The molecular formula is C33H40N4O6. The number of rotatable bonds is 7. The van der Waals surface area contributed by atoms with Crippen LogP contribution < -0.4 is 0 Å². The Labute approximate surface area is 252 Å². The Bertz CT molecular complexity index is 1440. The van der Waals surface area contributed by atoms with Crippen LogP contribution in [-0.2, 0) is 27.8 Å². The summed E-state index contributed by atoms with van der Waals surface area (Å²) in [5, 5.41) is 4.27. The zero-order valence-corrected chi connectivity index (χ0v) is 25.5. The van der Waals surface area contributed by atoms with Gasteiger partial charge in [0.25, 0.3) is 0 Å². The minimum Gasteiger partial charge on any atom is -0.462 e. The van der Waals surface area contributed by atoms with Gasteiger partial charge in [0.2, 0.25) is 0 Å². The van der Waals surface area contributed by atoms with E-state index >= 15 is 0 Å². The van der Waals surface area contributed by atoms with E-state index in [2.05, 4.69) is 29.4 Å². The Hall–Kier alpha value is -4.34. The van der Waals surface area contributed by atoms with Crippen molar-refractivity contribution in [2.75, 3.05) is 26.3 Å². The van der Waals surface area contributed by atoms with Gasteiger partial charge in [-0.2, -0.15) is 5.10 Å². The molecule has 1 aromatic heterocycles. The fourth-order valence-electron chi connectivity index (χ4n) is 5.90. The number of benzene rings is 2. The molecule has 0 unspecified atom stereocenters. The van der Waals surface area contributed by atoms with Gasteiger partial charge in [-0.1, -0.05) is 48.5 Å². The number of nitrogens with zero attached hydrogens (tertiary/aromatic N) is 4. The van der Waals surface area contributed by atoms with E-state index in [0.29, 0.717) is 37.2 Å². The number of aryl methyl sites for hydroxylation is 1. The first-order chi connectivity index (χ1) is 20.6. The number of aromatic nitrogens is 2. The van der Waals surface area contributed by atoms with Gasteiger partial charge in [0.05, 0.1) is 25.0 Å².